The fourth-order valence-corrected chi connectivity index (χ4v) is 5.50. The second-order valence-corrected chi connectivity index (χ2v) is 9.32. The van der Waals surface area contributed by atoms with Gasteiger partial charge in [-0.15, -0.1) is 0 Å². The molecule has 3 unspecified atom stereocenters. The van der Waals surface area contributed by atoms with E-state index in [4.69, 9.17) is 11.6 Å². The van der Waals surface area contributed by atoms with Crippen LogP contribution in [0.25, 0.3) is 10.8 Å². The molecule has 5 rings (SSSR count). The zero-order valence-electron chi connectivity index (χ0n) is 16.3. The molecule has 0 saturated heterocycles. The van der Waals surface area contributed by atoms with Gasteiger partial charge in [0.15, 0.2) is 0 Å². The van der Waals surface area contributed by atoms with E-state index < -0.39 is 12.0 Å². The van der Waals surface area contributed by atoms with E-state index >= 15 is 0 Å². The van der Waals surface area contributed by atoms with Crippen molar-refractivity contribution in [3.8, 4) is 0 Å². The van der Waals surface area contributed by atoms with E-state index in [1.165, 1.54) is 4.68 Å². The molecule has 0 amide bonds. The molecule has 1 aliphatic carbocycles. The summed E-state index contributed by atoms with van der Waals surface area (Å²) < 4.78 is 3.04. The number of carbonyl (C=O) groups is 1. The summed E-state index contributed by atoms with van der Waals surface area (Å²) in [7, 11) is 0. The summed E-state index contributed by atoms with van der Waals surface area (Å²) in [6.07, 6.45) is 1.08. The predicted octanol–water partition coefficient (Wildman–Crippen LogP) is 3.97. The normalized spacial score (nSPS) is 25.1. The van der Waals surface area contributed by atoms with E-state index in [9.17, 15) is 14.4 Å². The Balaban J connectivity index is 1.90. The van der Waals surface area contributed by atoms with Crippen LogP contribution in [0.15, 0.2) is 58.1 Å². The molecule has 0 spiro atoms. The van der Waals surface area contributed by atoms with E-state index in [1.807, 2.05) is 32.0 Å². The Morgan fingerprint density at radius 1 is 0.897 bits per heavy atom. The molecular formula is C23H21ClN2O3. The van der Waals surface area contributed by atoms with E-state index in [1.54, 1.807) is 35.0 Å². The quantitative estimate of drug-likeness (QED) is 0.612. The van der Waals surface area contributed by atoms with Crippen LogP contribution in [-0.4, -0.2) is 15.1 Å². The van der Waals surface area contributed by atoms with Crippen LogP contribution in [0.3, 0.4) is 0 Å². The van der Waals surface area contributed by atoms with Gasteiger partial charge < -0.3 is 0 Å². The van der Waals surface area contributed by atoms with Crippen LogP contribution in [0.5, 0.6) is 0 Å². The highest BCUT2D eigenvalue weighted by atomic mass is 35.5. The van der Waals surface area contributed by atoms with Crippen LogP contribution < -0.4 is 11.1 Å². The van der Waals surface area contributed by atoms with Gasteiger partial charge in [0, 0.05) is 11.4 Å². The van der Waals surface area contributed by atoms with Gasteiger partial charge in [-0.05, 0) is 35.6 Å². The van der Waals surface area contributed by atoms with Gasteiger partial charge in [0.25, 0.3) is 11.1 Å². The molecule has 0 N–H and O–H groups in total. The first-order valence-electron chi connectivity index (χ1n) is 9.83. The van der Waals surface area contributed by atoms with Gasteiger partial charge in [0.2, 0.25) is 0 Å². The number of hydrogen-bond acceptors (Lipinski definition) is 3. The zero-order chi connectivity index (χ0) is 20.5. The van der Waals surface area contributed by atoms with Gasteiger partial charge in [0.05, 0.1) is 28.8 Å². The van der Waals surface area contributed by atoms with Crippen molar-refractivity contribution in [1.82, 2.24) is 9.36 Å². The smallest absolute Gasteiger partial charge is 0.273 e. The monoisotopic (exact) mass is 408 g/mol. The molecule has 29 heavy (non-hydrogen) atoms. The molecule has 1 saturated carbocycles. The highest BCUT2D eigenvalue weighted by molar-refractivity contribution is 6.31. The fraction of sp³-hybridized carbons (Fsp3) is 0.348. The Morgan fingerprint density at radius 3 is 2.14 bits per heavy atom. The Hall–Kier alpha value is -2.66. The number of halogens is 1. The van der Waals surface area contributed by atoms with Crippen molar-refractivity contribution in [3.63, 3.8) is 0 Å². The van der Waals surface area contributed by atoms with Crippen molar-refractivity contribution >= 4 is 28.2 Å². The third-order valence-corrected chi connectivity index (χ3v) is 6.72. The van der Waals surface area contributed by atoms with Gasteiger partial charge in [0.1, 0.15) is 5.78 Å². The molecule has 6 heteroatoms. The third kappa shape index (κ3) is 2.57. The summed E-state index contributed by atoms with van der Waals surface area (Å²) in [5.74, 6) is -0.402. The van der Waals surface area contributed by atoms with Gasteiger partial charge in [-0.25, -0.2) is 9.36 Å². The summed E-state index contributed by atoms with van der Waals surface area (Å²) >= 11 is 6.50. The fourth-order valence-electron chi connectivity index (χ4n) is 5.26. The topological polar surface area (TPSA) is 61.1 Å². The van der Waals surface area contributed by atoms with Crippen LogP contribution in [0.1, 0.15) is 44.3 Å². The first-order chi connectivity index (χ1) is 13.8. The molecule has 1 aliphatic heterocycles. The van der Waals surface area contributed by atoms with E-state index in [2.05, 4.69) is 0 Å². The van der Waals surface area contributed by atoms with Crippen LogP contribution in [0.4, 0.5) is 0 Å². The minimum atomic E-state index is -0.581. The summed E-state index contributed by atoms with van der Waals surface area (Å²) in [5, 5.41) is 1.26. The number of rotatable bonds is 1. The number of aromatic nitrogens is 2. The molecule has 2 heterocycles. The maximum absolute atomic E-state index is 13.5. The van der Waals surface area contributed by atoms with Crippen molar-refractivity contribution in [2.24, 2.45) is 11.3 Å². The van der Waals surface area contributed by atoms with Crippen LogP contribution in [0.2, 0.25) is 5.02 Å². The molecule has 2 aliphatic rings. The Morgan fingerprint density at radius 2 is 1.48 bits per heavy atom. The molecule has 5 nitrogen and oxygen atoms in total. The van der Waals surface area contributed by atoms with Crippen LogP contribution in [0, 0.1) is 11.3 Å². The Kier molecular flexibility index (Phi) is 3.91. The number of ketones is 1. The standard InChI is InChI=1S/C23H21ClN2O3/c1-23(2)11-17-19(18(27)12-23)20(15-9-5-6-10-16(15)24)26-22(29)14-8-4-3-7-13(14)21(28)25(17)26/h3-10,17,19-20H,11-12H2,1-2H3. The lowest BCUT2D eigenvalue weighted by Crippen LogP contribution is -2.40. The lowest BCUT2D eigenvalue weighted by Gasteiger charge is -2.37. The maximum atomic E-state index is 13.5. The summed E-state index contributed by atoms with van der Waals surface area (Å²) in [4.78, 5) is 40.3. The summed E-state index contributed by atoms with van der Waals surface area (Å²) in [5.41, 5.74) is -0.0137. The Bertz CT molecular complexity index is 1290. The second kappa shape index (κ2) is 6.17. The van der Waals surface area contributed by atoms with Crippen molar-refractivity contribution in [1.29, 1.82) is 0 Å². The van der Waals surface area contributed by atoms with Gasteiger partial charge in [-0.2, -0.15) is 0 Å². The molecule has 1 fully saturated rings. The number of nitrogens with zero attached hydrogens (tertiary/aromatic N) is 2. The molecule has 0 radical (unpaired) electrons. The van der Waals surface area contributed by atoms with E-state index in [0.717, 1.165) is 0 Å². The highest BCUT2D eigenvalue weighted by Gasteiger charge is 2.52. The summed E-state index contributed by atoms with van der Waals surface area (Å²) in [6.45, 7) is 4.08. The van der Waals surface area contributed by atoms with Crippen molar-refractivity contribution in [2.45, 2.75) is 38.8 Å². The summed E-state index contributed by atoms with van der Waals surface area (Å²) in [6, 6.07) is 13.2. The molecule has 3 atom stereocenters. The number of benzene rings is 2. The molecule has 2 aromatic carbocycles. The average molecular weight is 409 g/mol. The highest BCUT2D eigenvalue weighted by Crippen LogP contribution is 2.51. The average Bonchev–Trinajstić information content (AvgIpc) is 3.01. The molecule has 148 valence electrons. The lowest BCUT2D eigenvalue weighted by molar-refractivity contribution is -0.129. The van der Waals surface area contributed by atoms with Gasteiger partial charge >= 0.3 is 0 Å². The number of hydrogen-bond donors (Lipinski definition) is 0. The SMILES string of the molecule is CC1(C)CC(=O)C2C(C1)n1c(=O)c3ccccc3c(=O)n1C2c1ccccc1Cl. The van der Waals surface area contributed by atoms with Crippen LogP contribution >= 0.6 is 11.6 Å². The largest absolute Gasteiger partial charge is 0.299 e. The number of fused-ring (bicyclic) bond motifs is 4. The minimum Gasteiger partial charge on any atom is -0.299 e. The van der Waals surface area contributed by atoms with E-state index in [0.29, 0.717) is 34.2 Å². The third-order valence-electron chi connectivity index (χ3n) is 6.38. The number of carbonyl (C=O) groups excluding carboxylic acids is 1. The van der Waals surface area contributed by atoms with Crippen molar-refractivity contribution in [2.75, 3.05) is 0 Å². The lowest BCUT2D eigenvalue weighted by atomic mass is 9.67. The van der Waals surface area contributed by atoms with Gasteiger partial charge in [-0.1, -0.05) is 55.8 Å². The molecule has 0 bridgehead atoms. The number of Topliss-reactive ketones (excluding diaryl/α,β-unsaturated/α-hetero) is 1. The first kappa shape index (κ1) is 18.4. The molecule has 1 aromatic heterocycles. The zero-order valence-corrected chi connectivity index (χ0v) is 17.0. The Labute approximate surface area is 172 Å². The van der Waals surface area contributed by atoms with Gasteiger partial charge in [-0.3, -0.25) is 14.4 Å². The second-order valence-electron chi connectivity index (χ2n) is 8.92. The first-order valence-corrected chi connectivity index (χ1v) is 10.2. The molecular weight excluding hydrogens is 388 g/mol. The van der Waals surface area contributed by atoms with Crippen molar-refractivity contribution < 1.29 is 4.79 Å². The molecule has 3 aromatic rings. The van der Waals surface area contributed by atoms with Crippen LogP contribution in [-0.2, 0) is 4.79 Å². The van der Waals surface area contributed by atoms with Crippen molar-refractivity contribution in [3.05, 3.63) is 79.8 Å². The maximum Gasteiger partial charge on any atom is 0.273 e. The minimum absolute atomic E-state index is 0.0789. The predicted molar refractivity (Wildman–Crippen MR) is 113 cm³/mol. The van der Waals surface area contributed by atoms with E-state index in [-0.39, 0.29) is 28.4 Å².